The third-order valence-corrected chi connectivity index (χ3v) is 6.67. The van der Waals surface area contributed by atoms with Gasteiger partial charge in [-0.15, -0.1) is 11.3 Å². The van der Waals surface area contributed by atoms with Gasteiger partial charge in [-0.25, -0.2) is 14.8 Å². The van der Waals surface area contributed by atoms with Crippen molar-refractivity contribution >= 4 is 28.8 Å². The maximum Gasteiger partial charge on any atom is 0.490 e. The molecule has 4 aromatic heterocycles. The van der Waals surface area contributed by atoms with E-state index in [1.54, 1.807) is 0 Å². The number of aryl methyl sites for hydroxylation is 2. The summed E-state index contributed by atoms with van der Waals surface area (Å²) < 4.78 is 35.7. The van der Waals surface area contributed by atoms with Gasteiger partial charge in [-0.2, -0.15) is 18.3 Å². The van der Waals surface area contributed by atoms with Crippen molar-refractivity contribution in [2.45, 2.75) is 19.6 Å². The summed E-state index contributed by atoms with van der Waals surface area (Å²) in [5.74, 6) is -1.79. The van der Waals surface area contributed by atoms with Crippen molar-refractivity contribution in [3.63, 3.8) is 0 Å². The molecule has 13 heteroatoms. The summed E-state index contributed by atoms with van der Waals surface area (Å²) in [6, 6.07) is 2.21. The second-order valence-electron chi connectivity index (χ2n) is 8.08. The van der Waals surface area contributed by atoms with Gasteiger partial charge in [0.15, 0.2) is 11.5 Å². The Morgan fingerprint density at radius 2 is 1.89 bits per heavy atom. The lowest BCUT2D eigenvalue weighted by Gasteiger charge is -2.35. The number of hydrogen-bond acceptors (Lipinski definition) is 7. The Hall–Kier alpha value is -3.45. The SMILES string of the molecule is Cc1ccsc1CN1CCN(c2nccn3c(-c4cnn(C)c4)cnc23)CC1.O=C(O)C(F)(F)F. The number of imidazole rings is 1. The molecule has 5 heterocycles. The lowest BCUT2D eigenvalue weighted by atomic mass is 10.2. The average Bonchev–Trinajstić information content (AvgIpc) is 3.54. The van der Waals surface area contributed by atoms with Crippen LogP contribution in [-0.4, -0.2) is 72.5 Å². The highest BCUT2D eigenvalue weighted by atomic mass is 32.1. The molecule has 0 atom stereocenters. The number of aromatic nitrogens is 5. The highest BCUT2D eigenvalue weighted by Crippen LogP contribution is 2.26. The molecule has 1 aliphatic rings. The van der Waals surface area contributed by atoms with E-state index in [-0.39, 0.29) is 0 Å². The van der Waals surface area contributed by atoms with Gasteiger partial charge in [-0.1, -0.05) is 0 Å². The molecule has 35 heavy (non-hydrogen) atoms. The number of halogens is 3. The van der Waals surface area contributed by atoms with Gasteiger partial charge in [0, 0.05) is 68.8 Å². The van der Waals surface area contributed by atoms with E-state index >= 15 is 0 Å². The Morgan fingerprint density at radius 1 is 1.17 bits per heavy atom. The van der Waals surface area contributed by atoms with Crippen molar-refractivity contribution in [3.8, 4) is 11.3 Å². The molecule has 186 valence electrons. The number of carboxylic acids is 1. The molecule has 0 unspecified atom stereocenters. The summed E-state index contributed by atoms with van der Waals surface area (Å²) in [7, 11) is 1.93. The predicted molar refractivity (Wildman–Crippen MR) is 125 cm³/mol. The zero-order valence-electron chi connectivity index (χ0n) is 19.1. The second kappa shape index (κ2) is 10.0. The first-order chi connectivity index (χ1) is 16.6. The molecule has 0 aliphatic carbocycles. The largest absolute Gasteiger partial charge is 0.490 e. The number of carboxylic acid groups (broad SMARTS) is 1. The molecule has 1 aliphatic heterocycles. The Bertz CT molecular complexity index is 1310. The standard InChI is InChI=1S/C20H23N7S.C2HF3O2/c1-15-3-10-28-18(15)14-25-6-8-26(9-7-25)19-20-22-12-17(27(20)5-4-21-19)16-11-23-24(2)13-16;3-2(4,5)1(6)7/h3-5,10-13H,6-9,14H2,1-2H3;(H,6,7). The van der Waals surface area contributed by atoms with Crippen LogP contribution in [0.25, 0.3) is 16.9 Å². The molecular formula is C22H24F3N7O2S. The second-order valence-corrected chi connectivity index (χ2v) is 9.08. The lowest BCUT2D eigenvalue weighted by molar-refractivity contribution is -0.192. The molecule has 4 aromatic rings. The maximum absolute atomic E-state index is 10.6. The fourth-order valence-corrected chi connectivity index (χ4v) is 4.73. The van der Waals surface area contributed by atoms with Crippen molar-refractivity contribution in [1.82, 2.24) is 29.0 Å². The van der Waals surface area contributed by atoms with Crippen LogP contribution in [-0.2, 0) is 18.4 Å². The van der Waals surface area contributed by atoms with Crippen LogP contribution < -0.4 is 4.90 Å². The van der Waals surface area contributed by atoms with Crippen LogP contribution in [0.3, 0.4) is 0 Å². The zero-order chi connectivity index (χ0) is 25.2. The van der Waals surface area contributed by atoms with E-state index < -0.39 is 12.1 Å². The molecule has 0 bridgehead atoms. The van der Waals surface area contributed by atoms with Gasteiger partial charge in [0.05, 0.1) is 18.1 Å². The molecule has 0 spiro atoms. The first kappa shape index (κ1) is 24.7. The Kier molecular flexibility index (Phi) is 7.08. The monoisotopic (exact) mass is 507 g/mol. The number of alkyl halides is 3. The Morgan fingerprint density at radius 3 is 2.46 bits per heavy atom. The van der Waals surface area contributed by atoms with Gasteiger partial charge < -0.3 is 10.0 Å². The quantitative estimate of drug-likeness (QED) is 0.452. The minimum Gasteiger partial charge on any atom is -0.475 e. The Labute approximate surface area is 203 Å². The van der Waals surface area contributed by atoms with E-state index in [1.165, 1.54) is 10.4 Å². The van der Waals surface area contributed by atoms with Crippen molar-refractivity contribution in [1.29, 1.82) is 0 Å². The van der Waals surface area contributed by atoms with Crippen LogP contribution in [0, 0.1) is 6.92 Å². The maximum atomic E-state index is 10.6. The number of anilines is 1. The van der Waals surface area contributed by atoms with Gasteiger partial charge in [0.2, 0.25) is 0 Å². The zero-order valence-corrected chi connectivity index (χ0v) is 19.9. The average molecular weight is 508 g/mol. The molecule has 0 saturated carbocycles. The van der Waals surface area contributed by atoms with Crippen LogP contribution in [0.1, 0.15) is 10.4 Å². The summed E-state index contributed by atoms with van der Waals surface area (Å²) in [6.07, 6.45) is 4.55. The van der Waals surface area contributed by atoms with Crippen LogP contribution in [0.2, 0.25) is 0 Å². The molecule has 5 rings (SSSR count). The van der Waals surface area contributed by atoms with Crippen molar-refractivity contribution in [2.24, 2.45) is 7.05 Å². The van der Waals surface area contributed by atoms with Crippen LogP contribution >= 0.6 is 11.3 Å². The first-order valence-electron chi connectivity index (χ1n) is 10.7. The number of carbonyl (C=O) groups is 1. The fourth-order valence-electron chi connectivity index (χ4n) is 3.78. The Balaban J connectivity index is 0.000000364. The molecule has 0 aromatic carbocycles. The minimum absolute atomic E-state index is 0.906. The smallest absolute Gasteiger partial charge is 0.475 e. The van der Waals surface area contributed by atoms with Gasteiger partial charge in [0.25, 0.3) is 0 Å². The minimum atomic E-state index is -5.08. The summed E-state index contributed by atoms with van der Waals surface area (Å²) in [5.41, 5.74) is 4.41. The first-order valence-corrected chi connectivity index (χ1v) is 11.6. The van der Waals surface area contributed by atoms with Crippen LogP contribution in [0.15, 0.2) is 42.4 Å². The molecule has 0 amide bonds. The lowest BCUT2D eigenvalue weighted by Crippen LogP contribution is -2.46. The topological polar surface area (TPSA) is 91.8 Å². The van der Waals surface area contributed by atoms with Crippen LogP contribution in [0.4, 0.5) is 19.0 Å². The number of hydrogen-bond donors (Lipinski definition) is 1. The van der Waals surface area contributed by atoms with E-state index in [4.69, 9.17) is 9.90 Å². The third-order valence-electron chi connectivity index (χ3n) is 5.66. The van der Waals surface area contributed by atoms with E-state index in [0.717, 1.165) is 55.4 Å². The number of fused-ring (bicyclic) bond motifs is 1. The normalized spacial score (nSPS) is 14.7. The number of aliphatic carboxylic acids is 1. The van der Waals surface area contributed by atoms with Gasteiger partial charge >= 0.3 is 12.1 Å². The third kappa shape index (κ3) is 5.62. The van der Waals surface area contributed by atoms with Crippen molar-refractivity contribution in [3.05, 3.63) is 52.9 Å². The van der Waals surface area contributed by atoms with Gasteiger partial charge in [-0.05, 0) is 23.9 Å². The number of nitrogens with zero attached hydrogens (tertiary/aromatic N) is 7. The van der Waals surface area contributed by atoms with Crippen LogP contribution in [0.5, 0.6) is 0 Å². The molecule has 1 N–H and O–H groups in total. The highest BCUT2D eigenvalue weighted by molar-refractivity contribution is 7.10. The summed E-state index contributed by atoms with van der Waals surface area (Å²) >= 11 is 1.86. The molecular weight excluding hydrogens is 483 g/mol. The summed E-state index contributed by atoms with van der Waals surface area (Å²) in [5, 5.41) is 13.6. The predicted octanol–water partition coefficient (Wildman–Crippen LogP) is 3.46. The van der Waals surface area contributed by atoms with Crippen molar-refractivity contribution < 1.29 is 23.1 Å². The van der Waals surface area contributed by atoms with Gasteiger partial charge in [-0.3, -0.25) is 14.0 Å². The number of rotatable bonds is 4. The highest BCUT2D eigenvalue weighted by Gasteiger charge is 2.38. The number of piperazine rings is 1. The fraction of sp³-hybridized carbons (Fsp3) is 0.364. The molecule has 1 saturated heterocycles. The van der Waals surface area contributed by atoms with E-state index in [0.29, 0.717) is 0 Å². The van der Waals surface area contributed by atoms with E-state index in [9.17, 15) is 13.2 Å². The molecule has 0 radical (unpaired) electrons. The number of thiophene rings is 1. The van der Waals surface area contributed by atoms with Gasteiger partial charge in [0.1, 0.15) is 0 Å². The van der Waals surface area contributed by atoms with E-state index in [2.05, 4.69) is 47.6 Å². The molecule has 1 fully saturated rings. The summed E-state index contributed by atoms with van der Waals surface area (Å²) in [4.78, 5) is 24.6. The molecule has 9 nitrogen and oxygen atoms in total. The van der Waals surface area contributed by atoms with Crippen molar-refractivity contribution in [2.75, 3.05) is 31.1 Å². The summed E-state index contributed by atoms with van der Waals surface area (Å²) in [6.45, 7) is 7.25. The van der Waals surface area contributed by atoms with E-state index in [1.807, 2.05) is 54.1 Å².